The highest BCUT2D eigenvalue weighted by Crippen LogP contribution is 2.04. The molecule has 0 spiro atoms. The first-order chi connectivity index (χ1) is 16.0. The quantitative estimate of drug-likeness (QED) is 0.118. The summed E-state index contributed by atoms with van der Waals surface area (Å²) in [6.07, 6.45) is 3.62. The average Bonchev–Trinajstić information content (AvgIpc) is 3.28. The number of rotatable bonds is 16. The minimum atomic E-state index is -1.27. The van der Waals surface area contributed by atoms with E-state index in [0.717, 1.165) is 0 Å². The first kappa shape index (κ1) is 28.5. The third-order valence-corrected chi connectivity index (χ3v) is 4.92. The molecule has 0 aromatic carbocycles. The molecule has 1 aromatic heterocycles. The number of hydrogen-bond donors (Lipinski definition) is 8. The molecule has 14 heteroatoms. The monoisotopic (exact) mass is 483 g/mol. The van der Waals surface area contributed by atoms with Crippen molar-refractivity contribution in [2.75, 3.05) is 6.54 Å². The van der Waals surface area contributed by atoms with Crippen molar-refractivity contribution in [1.82, 2.24) is 25.9 Å². The van der Waals surface area contributed by atoms with E-state index in [-0.39, 0.29) is 19.3 Å². The van der Waals surface area contributed by atoms with E-state index in [0.29, 0.717) is 25.1 Å². The number of unbranched alkanes of at least 4 members (excludes halogenated alkanes) is 1. The van der Waals surface area contributed by atoms with Crippen LogP contribution in [0.2, 0.25) is 0 Å². The molecule has 0 fully saturated rings. The largest absolute Gasteiger partial charge is 0.481 e. The lowest BCUT2D eigenvalue weighted by Gasteiger charge is -2.23. The van der Waals surface area contributed by atoms with Gasteiger partial charge in [-0.05, 0) is 39.2 Å². The summed E-state index contributed by atoms with van der Waals surface area (Å²) in [7, 11) is 0. The fraction of sp³-hybridized carbons (Fsp3) is 0.600. The topological polar surface area (TPSA) is 243 Å². The molecule has 1 aromatic rings. The van der Waals surface area contributed by atoms with Crippen molar-refractivity contribution in [2.45, 2.75) is 69.6 Å². The maximum Gasteiger partial charge on any atom is 0.326 e. The Hall–Kier alpha value is -3.52. The normalized spacial score (nSPS) is 14.3. The lowest BCUT2D eigenvalue weighted by Crippen LogP contribution is -2.56. The maximum absolute atomic E-state index is 12.7. The van der Waals surface area contributed by atoms with Gasteiger partial charge in [0.2, 0.25) is 17.7 Å². The van der Waals surface area contributed by atoms with Gasteiger partial charge in [-0.2, -0.15) is 0 Å². The number of aliphatic carboxylic acids is 2. The predicted octanol–water partition coefficient (Wildman–Crippen LogP) is -2.17. The Balaban J connectivity index is 2.74. The molecule has 0 aliphatic heterocycles. The molecule has 1 rings (SSSR count). The molecule has 34 heavy (non-hydrogen) atoms. The Labute approximate surface area is 196 Å². The molecule has 4 unspecified atom stereocenters. The van der Waals surface area contributed by atoms with Crippen LogP contribution in [0, 0.1) is 0 Å². The second-order valence-electron chi connectivity index (χ2n) is 7.80. The number of carbonyl (C=O) groups excluding carboxylic acids is 3. The minimum Gasteiger partial charge on any atom is -0.481 e. The van der Waals surface area contributed by atoms with E-state index < -0.39 is 60.2 Å². The molecule has 0 bridgehead atoms. The van der Waals surface area contributed by atoms with Crippen molar-refractivity contribution in [3.05, 3.63) is 18.2 Å². The molecule has 0 aliphatic rings. The van der Waals surface area contributed by atoms with E-state index in [9.17, 15) is 29.1 Å². The predicted molar refractivity (Wildman–Crippen MR) is 119 cm³/mol. The molecule has 0 saturated carbocycles. The SMILES string of the molecule is CC(NC(=O)C(CCC(=O)O)NC(=O)C(N)Cc1cnc[nH]1)C(=O)NC(CCCCN)C(=O)O. The fourth-order valence-corrected chi connectivity index (χ4v) is 2.97. The maximum atomic E-state index is 12.7. The molecule has 4 atom stereocenters. The van der Waals surface area contributed by atoms with Crippen molar-refractivity contribution < 1.29 is 34.2 Å². The van der Waals surface area contributed by atoms with Gasteiger partial charge in [-0.25, -0.2) is 9.78 Å². The number of nitrogens with two attached hydrogens (primary N) is 2. The van der Waals surface area contributed by atoms with E-state index in [1.54, 1.807) is 0 Å². The van der Waals surface area contributed by atoms with Crippen LogP contribution in [-0.2, 0) is 30.4 Å². The standard InChI is InChI=1S/C20H33N7O7/c1-11(17(30)27-15(20(33)34)4-2-3-7-21)25-19(32)14(5-6-16(28)29)26-18(31)13(22)8-12-9-23-10-24-12/h9-11,13-15H,2-8,21-22H2,1H3,(H,23,24)(H,25,32)(H,26,31)(H,27,30)(H,28,29)(H,33,34). The van der Waals surface area contributed by atoms with Crippen molar-refractivity contribution in [3.63, 3.8) is 0 Å². The van der Waals surface area contributed by atoms with Crippen LogP contribution in [0.4, 0.5) is 0 Å². The molecule has 190 valence electrons. The van der Waals surface area contributed by atoms with Crippen molar-refractivity contribution in [3.8, 4) is 0 Å². The summed E-state index contributed by atoms with van der Waals surface area (Å²) in [5.74, 6) is -4.64. The third kappa shape index (κ3) is 10.4. The van der Waals surface area contributed by atoms with Crippen LogP contribution in [-0.4, -0.2) is 80.6 Å². The van der Waals surface area contributed by atoms with Gasteiger partial charge in [0, 0.05) is 24.7 Å². The molecular formula is C20H33N7O7. The van der Waals surface area contributed by atoms with E-state index in [4.69, 9.17) is 16.6 Å². The number of carboxylic acids is 2. The molecular weight excluding hydrogens is 450 g/mol. The van der Waals surface area contributed by atoms with Crippen molar-refractivity contribution >= 4 is 29.7 Å². The van der Waals surface area contributed by atoms with Gasteiger partial charge in [0.25, 0.3) is 0 Å². The number of carboxylic acid groups (broad SMARTS) is 2. The van der Waals surface area contributed by atoms with Gasteiger partial charge in [0.15, 0.2) is 0 Å². The summed E-state index contributed by atoms with van der Waals surface area (Å²) in [4.78, 5) is 66.5. The second kappa shape index (κ2) is 14.6. The minimum absolute atomic E-state index is 0.110. The Morgan fingerprint density at radius 3 is 2.24 bits per heavy atom. The third-order valence-electron chi connectivity index (χ3n) is 4.92. The van der Waals surface area contributed by atoms with Crippen molar-refractivity contribution in [1.29, 1.82) is 0 Å². The summed E-state index contributed by atoms with van der Waals surface area (Å²) in [5.41, 5.74) is 11.8. The lowest BCUT2D eigenvalue weighted by molar-refractivity contribution is -0.142. The summed E-state index contributed by atoms with van der Waals surface area (Å²) in [6.45, 7) is 1.73. The number of hydrogen-bond acceptors (Lipinski definition) is 8. The zero-order valence-corrected chi connectivity index (χ0v) is 19.0. The van der Waals surface area contributed by atoms with Gasteiger partial charge in [-0.15, -0.1) is 0 Å². The van der Waals surface area contributed by atoms with Gasteiger partial charge in [0.05, 0.1) is 12.4 Å². The Morgan fingerprint density at radius 2 is 1.68 bits per heavy atom. The number of nitrogens with zero attached hydrogens (tertiary/aromatic N) is 1. The number of aromatic amines is 1. The molecule has 0 aliphatic carbocycles. The Kier molecular flexibility index (Phi) is 12.2. The van der Waals surface area contributed by atoms with Gasteiger partial charge >= 0.3 is 11.9 Å². The van der Waals surface area contributed by atoms with E-state index in [1.165, 1.54) is 19.4 Å². The zero-order valence-electron chi connectivity index (χ0n) is 19.0. The van der Waals surface area contributed by atoms with Gasteiger partial charge in [-0.3, -0.25) is 19.2 Å². The number of H-pyrrole nitrogens is 1. The number of nitrogens with one attached hydrogen (secondary N) is 4. The Morgan fingerprint density at radius 1 is 1.00 bits per heavy atom. The molecule has 10 N–H and O–H groups in total. The molecule has 14 nitrogen and oxygen atoms in total. The van der Waals surface area contributed by atoms with Crippen LogP contribution < -0.4 is 27.4 Å². The van der Waals surface area contributed by atoms with E-state index >= 15 is 0 Å². The summed E-state index contributed by atoms with van der Waals surface area (Å²) in [5, 5.41) is 25.4. The molecule has 1 heterocycles. The number of carbonyl (C=O) groups is 5. The number of imidazole rings is 1. The number of amides is 3. The highest BCUT2D eigenvalue weighted by atomic mass is 16.4. The van der Waals surface area contributed by atoms with Gasteiger partial charge in [0.1, 0.15) is 18.1 Å². The van der Waals surface area contributed by atoms with Gasteiger partial charge < -0.3 is 42.6 Å². The number of aromatic nitrogens is 2. The molecule has 0 saturated heterocycles. The zero-order chi connectivity index (χ0) is 25.7. The summed E-state index contributed by atoms with van der Waals surface area (Å²) >= 11 is 0. The van der Waals surface area contributed by atoms with E-state index in [1.807, 2.05) is 0 Å². The van der Waals surface area contributed by atoms with Crippen LogP contribution in [0.25, 0.3) is 0 Å². The first-order valence-electron chi connectivity index (χ1n) is 10.8. The smallest absolute Gasteiger partial charge is 0.326 e. The molecule has 3 amide bonds. The van der Waals surface area contributed by atoms with Crippen LogP contribution in [0.5, 0.6) is 0 Å². The summed E-state index contributed by atoms with van der Waals surface area (Å²) < 4.78 is 0. The van der Waals surface area contributed by atoms with Crippen LogP contribution in [0.3, 0.4) is 0 Å². The summed E-state index contributed by atoms with van der Waals surface area (Å²) in [6, 6.07) is -4.61. The van der Waals surface area contributed by atoms with Gasteiger partial charge in [-0.1, -0.05) is 0 Å². The Bertz CT molecular complexity index is 831. The molecule has 0 radical (unpaired) electrons. The first-order valence-corrected chi connectivity index (χ1v) is 10.8. The van der Waals surface area contributed by atoms with E-state index in [2.05, 4.69) is 25.9 Å². The second-order valence-corrected chi connectivity index (χ2v) is 7.80. The average molecular weight is 484 g/mol. The van der Waals surface area contributed by atoms with Crippen molar-refractivity contribution in [2.24, 2.45) is 11.5 Å². The van der Waals surface area contributed by atoms with Crippen LogP contribution >= 0.6 is 0 Å². The van der Waals surface area contributed by atoms with Crippen LogP contribution in [0.1, 0.15) is 44.7 Å². The highest BCUT2D eigenvalue weighted by molar-refractivity contribution is 5.94. The van der Waals surface area contributed by atoms with Crippen LogP contribution in [0.15, 0.2) is 12.5 Å². The lowest BCUT2D eigenvalue weighted by atomic mass is 10.1. The highest BCUT2D eigenvalue weighted by Gasteiger charge is 2.28. The fourth-order valence-electron chi connectivity index (χ4n) is 2.97.